The van der Waals surface area contributed by atoms with E-state index in [1.807, 2.05) is 0 Å². The molecule has 32 heavy (non-hydrogen) atoms. The van der Waals surface area contributed by atoms with Crippen molar-refractivity contribution in [1.29, 1.82) is 0 Å². The van der Waals surface area contributed by atoms with Crippen LogP contribution in [0.5, 0.6) is 5.75 Å². The largest absolute Gasteiger partial charge is 0.505 e. The summed E-state index contributed by atoms with van der Waals surface area (Å²) >= 11 is 0. The number of rotatable bonds is 6. The fraction of sp³-hybridized carbons (Fsp3) is 0.524. The maximum atomic E-state index is 13.2. The maximum absolute atomic E-state index is 13.2. The molecule has 2 aromatic heterocycles. The Morgan fingerprint density at radius 3 is 2.78 bits per heavy atom. The molecule has 1 unspecified atom stereocenters. The third-order valence-electron chi connectivity index (χ3n) is 5.65. The molecule has 0 aromatic carbocycles. The van der Waals surface area contributed by atoms with Crippen LogP contribution in [0.1, 0.15) is 23.2 Å². The molecule has 0 aliphatic carbocycles. The van der Waals surface area contributed by atoms with Crippen molar-refractivity contribution in [3.63, 3.8) is 0 Å². The number of carbonyl (C=O) groups excluding carboxylic acids is 2. The van der Waals surface area contributed by atoms with Gasteiger partial charge in [-0.2, -0.15) is 0 Å². The highest BCUT2D eigenvalue weighted by atomic mass is 16.5. The van der Waals surface area contributed by atoms with Crippen LogP contribution < -0.4 is 16.2 Å². The molecule has 2 aliphatic rings. The molecule has 0 bridgehead atoms. The Balaban J connectivity index is 1.53. The van der Waals surface area contributed by atoms with Crippen LogP contribution in [-0.4, -0.2) is 83.6 Å². The van der Waals surface area contributed by atoms with Crippen LogP contribution >= 0.6 is 0 Å². The van der Waals surface area contributed by atoms with Gasteiger partial charge in [-0.25, -0.2) is 4.79 Å². The Kier molecular flexibility index (Phi) is 6.86. The molecule has 2 aromatic rings. The number of carbonyl (C=O) groups is 2. The van der Waals surface area contributed by atoms with Gasteiger partial charge in [0.15, 0.2) is 5.75 Å². The number of ether oxygens (including phenoxy) is 2. The summed E-state index contributed by atoms with van der Waals surface area (Å²) in [4.78, 5) is 44.1. The highest BCUT2D eigenvalue weighted by molar-refractivity contribution is 6.01. The Labute approximate surface area is 184 Å². The lowest BCUT2D eigenvalue weighted by Crippen LogP contribution is -2.47. The minimum Gasteiger partial charge on any atom is -0.505 e. The van der Waals surface area contributed by atoms with Gasteiger partial charge < -0.3 is 34.7 Å². The average Bonchev–Trinajstić information content (AvgIpc) is 3.34. The fourth-order valence-electron chi connectivity index (χ4n) is 3.94. The smallest absolute Gasteiger partial charge is 0.317 e. The highest BCUT2D eigenvalue weighted by Gasteiger charge is 2.25. The summed E-state index contributed by atoms with van der Waals surface area (Å²) in [6.45, 7) is 3.18. The summed E-state index contributed by atoms with van der Waals surface area (Å²) in [5.41, 5.74) is -0.484. The van der Waals surface area contributed by atoms with E-state index in [-0.39, 0.29) is 42.8 Å². The summed E-state index contributed by atoms with van der Waals surface area (Å²) < 4.78 is 12.1. The number of nitrogens with one attached hydrogen (secondary N) is 2. The van der Waals surface area contributed by atoms with Crippen molar-refractivity contribution >= 4 is 23.0 Å². The molecular formula is C21H27N5O6. The van der Waals surface area contributed by atoms with Crippen LogP contribution in [0.4, 0.5) is 4.79 Å². The van der Waals surface area contributed by atoms with Crippen LogP contribution in [0.15, 0.2) is 23.1 Å². The van der Waals surface area contributed by atoms with Crippen LogP contribution in [-0.2, 0) is 16.0 Å². The van der Waals surface area contributed by atoms with Crippen molar-refractivity contribution < 1.29 is 24.2 Å². The molecule has 2 fully saturated rings. The normalized spacial score (nSPS) is 18.6. The first kappa shape index (κ1) is 22.0. The molecule has 4 heterocycles. The summed E-state index contributed by atoms with van der Waals surface area (Å²) in [5.74, 6) is -1.13. The number of urea groups is 1. The molecule has 2 aliphatic heterocycles. The van der Waals surface area contributed by atoms with Crippen molar-refractivity contribution in [2.24, 2.45) is 0 Å². The minimum atomic E-state index is -0.679. The van der Waals surface area contributed by atoms with E-state index in [0.717, 1.165) is 12.8 Å². The SMILES string of the molecule is O=C(NCC1CCCO1)c1c(O)c2ncccc2n(CCNC(=O)N2CCOCC2)c1=O. The van der Waals surface area contributed by atoms with Gasteiger partial charge in [0, 0.05) is 45.5 Å². The third-order valence-corrected chi connectivity index (χ3v) is 5.65. The molecule has 0 spiro atoms. The number of pyridine rings is 2. The average molecular weight is 445 g/mol. The number of hydrogen-bond donors (Lipinski definition) is 3. The molecule has 0 saturated carbocycles. The molecule has 4 rings (SSSR count). The summed E-state index contributed by atoms with van der Waals surface area (Å²) in [6, 6.07) is 3.04. The molecule has 0 radical (unpaired) electrons. The predicted octanol–water partition coefficient (Wildman–Crippen LogP) is 0.0527. The number of amides is 3. The molecule has 1 atom stereocenters. The lowest BCUT2D eigenvalue weighted by molar-refractivity contribution is 0.0532. The van der Waals surface area contributed by atoms with Crippen LogP contribution in [0, 0.1) is 0 Å². The van der Waals surface area contributed by atoms with E-state index in [1.54, 1.807) is 17.0 Å². The number of hydrogen-bond acceptors (Lipinski definition) is 7. The second kappa shape index (κ2) is 9.96. The molecular weight excluding hydrogens is 418 g/mol. The number of fused-ring (bicyclic) bond motifs is 1. The first-order valence-electron chi connectivity index (χ1n) is 10.8. The van der Waals surface area contributed by atoms with E-state index < -0.39 is 17.2 Å². The van der Waals surface area contributed by atoms with Crippen molar-refractivity contribution in [2.45, 2.75) is 25.5 Å². The molecule has 3 amide bonds. The highest BCUT2D eigenvalue weighted by Crippen LogP contribution is 2.24. The Hall–Kier alpha value is -3.18. The molecule has 11 heteroatoms. The maximum Gasteiger partial charge on any atom is 0.317 e. The van der Waals surface area contributed by atoms with E-state index in [2.05, 4.69) is 15.6 Å². The quantitative estimate of drug-likeness (QED) is 0.572. The van der Waals surface area contributed by atoms with Crippen molar-refractivity contribution in [2.75, 3.05) is 46.0 Å². The lowest BCUT2D eigenvalue weighted by Gasteiger charge is -2.27. The molecule has 11 nitrogen and oxygen atoms in total. The summed E-state index contributed by atoms with van der Waals surface area (Å²) in [6.07, 6.45) is 3.13. The monoisotopic (exact) mass is 445 g/mol. The van der Waals surface area contributed by atoms with E-state index in [1.165, 1.54) is 10.8 Å². The Morgan fingerprint density at radius 2 is 2.03 bits per heavy atom. The predicted molar refractivity (Wildman–Crippen MR) is 115 cm³/mol. The zero-order chi connectivity index (χ0) is 22.5. The van der Waals surface area contributed by atoms with E-state index >= 15 is 0 Å². The van der Waals surface area contributed by atoms with Gasteiger partial charge in [-0.15, -0.1) is 0 Å². The number of aromatic nitrogens is 2. The zero-order valence-corrected chi connectivity index (χ0v) is 17.7. The van der Waals surface area contributed by atoms with Crippen LogP contribution in [0.2, 0.25) is 0 Å². The minimum absolute atomic E-state index is 0.0997. The number of nitrogens with zero attached hydrogens (tertiary/aromatic N) is 3. The molecule has 2 saturated heterocycles. The van der Waals surface area contributed by atoms with Crippen molar-refractivity contribution in [3.05, 3.63) is 34.2 Å². The van der Waals surface area contributed by atoms with Crippen molar-refractivity contribution in [3.8, 4) is 5.75 Å². The topological polar surface area (TPSA) is 135 Å². The first-order chi connectivity index (χ1) is 15.6. The van der Waals surface area contributed by atoms with Crippen LogP contribution in [0.3, 0.4) is 0 Å². The summed E-state index contributed by atoms with van der Waals surface area (Å²) in [7, 11) is 0. The van der Waals surface area contributed by atoms with Gasteiger partial charge in [-0.1, -0.05) is 0 Å². The van der Waals surface area contributed by atoms with Gasteiger partial charge in [0.05, 0.1) is 24.8 Å². The molecule has 3 N–H and O–H groups in total. The van der Waals surface area contributed by atoms with Gasteiger partial charge in [-0.05, 0) is 25.0 Å². The van der Waals surface area contributed by atoms with Gasteiger partial charge in [0.1, 0.15) is 11.1 Å². The fourth-order valence-corrected chi connectivity index (χ4v) is 3.94. The van der Waals surface area contributed by atoms with E-state index in [0.29, 0.717) is 38.4 Å². The van der Waals surface area contributed by atoms with Gasteiger partial charge in [0.2, 0.25) is 0 Å². The zero-order valence-electron chi connectivity index (χ0n) is 17.7. The lowest BCUT2D eigenvalue weighted by atomic mass is 10.1. The number of morpholine rings is 1. The third kappa shape index (κ3) is 4.68. The second-order valence-corrected chi connectivity index (χ2v) is 7.73. The Morgan fingerprint density at radius 1 is 1.22 bits per heavy atom. The van der Waals surface area contributed by atoms with Crippen molar-refractivity contribution in [1.82, 2.24) is 25.1 Å². The van der Waals surface area contributed by atoms with Gasteiger partial charge in [-0.3, -0.25) is 14.6 Å². The second-order valence-electron chi connectivity index (χ2n) is 7.73. The van der Waals surface area contributed by atoms with Crippen LogP contribution in [0.25, 0.3) is 11.0 Å². The van der Waals surface area contributed by atoms with E-state index in [4.69, 9.17) is 9.47 Å². The summed E-state index contributed by atoms with van der Waals surface area (Å²) in [5, 5.41) is 16.1. The first-order valence-corrected chi connectivity index (χ1v) is 10.8. The molecule has 172 valence electrons. The van der Waals surface area contributed by atoms with Gasteiger partial charge in [0.25, 0.3) is 11.5 Å². The van der Waals surface area contributed by atoms with E-state index in [9.17, 15) is 19.5 Å². The number of aromatic hydroxyl groups is 1. The van der Waals surface area contributed by atoms with Gasteiger partial charge >= 0.3 is 6.03 Å². The Bertz CT molecular complexity index is 1040. The standard InChI is InChI=1S/C21H27N5O6/c27-18-16(19(28)24-13-14-3-2-10-32-14)20(29)26(15-4-1-5-22-17(15)18)7-6-23-21(30)25-8-11-31-12-9-25/h1,4-5,14,27H,2-3,6-13H2,(H,23,30)(H,24,28).